The van der Waals surface area contributed by atoms with Crippen molar-refractivity contribution in [2.24, 2.45) is 0 Å². The minimum absolute atomic E-state index is 1.17. The summed E-state index contributed by atoms with van der Waals surface area (Å²) in [4.78, 5) is 0. The molecule has 0 spiro atoms. The first-order valence-corrected chi connectivity index (χ1v) is 8.94. The van der Waals surface area contributed by atoms with Crippen LogP contribution in [-0.4, -0.2) is 8.07 Å². The van der Waals surface area contributed by atoms with Crippen molar-refractivity contribution in [1.29, 1.82) is 0 Å². The fourth-order valence-corrected chi connectivity index (χ4v) is 2.98. The van der Waals surface area contributed by atoms with Gasteiger partial charge in [-0.1, -0.05) is 73.4 Å². The molecule has 1 heteroatoms. The third kappa shape index (κ3) is 3.88. The minimum Gasteiger partial charge on any atom is -0.0884 e. The summed E-state index contributed by atoms with van der Waals surface area (Å²) in [5.74, 6) is 0. The summed E-state index contributed by atoms with van der Waals surface area (Å²) in [6.07, 6.45) is 6.71. The number of rotatable bonds is 3. The average molecular weight is 216 g/mol. The van der Waals surface area contributed by atoms with Gasteiger partial charge in [0.1, 0.15) is 0 Å². The molecule has 15 heavy (non-hydrogen) atoms. The molecule has 0 aromatic heterocycles. The van der Waals surface area contributed by atoms with Crippen molar-refractivity contribution in [2.45, 2.75) is 26.6 Å². The van der Waals surface area contributed by atoms with E-state index in [2.05, 4.69) is 69.1 Å². The second-order valence-electron chi connectivity index (χ2n) is 4.74. The average Bonchev–Trinajstić information content (AvgIpc) is 2.18. The molecular weight excluding hydrogens is 196 g/mol. The van der Waals surface area contributed by atoms with E-state index in [-0.39, 0.29) is 0 Å². The van der Waals surface area contributed by atoms with Gasteiger partial charge in [-0.3, -0.25) is 0 Å². The molecule has 0 amide bonds. The maximum Gasteiger partial charge on any atom is 0.0771 e. The van der Waals surface area contributed by atoms with E-state index in [0.717, 1.165) is 0 Å². The standard InChI is InChI=1S/C14H20Si/c1-5-14(15(2,3)4)12-11-13-9-7-6-8-10-13/h5-12H,1-4H3/b12-11+,14-5+. The normalized spacial score (nSPS) is 13.5. The Balaban J connectivity index is 2.82. The van der Waals surface area contributed by atoms with Gasteiger partial charge in [-0.25, -0.2) is 0 Å². The highest BCUT2D eigenvalue weighted by Gasteiger charge is 2.15. The van der Waals surface area contributed by atoms with Crippen LogP contribution in [0.4, 0.5) is 0 Å². The highest BCUT2D eigenvalue weighted by molar-refractivity contribution is 6.83. The Morgan fingerprint density at radius 1 is 1.07 bits per heavy atom. The van der Waals surface area contributed by atoms with Gasteiger partial charge in [0.2, 0.25) is 0 Å². The monoisotopic (exact) mass is 216 g/mol. The Hall–Kier alpha value is -1.08. The molecule has 0 unspecified atom stereocenters. The van der Waals surface area contributed by atoms with Crippen LogP contribution in [0, 0.1) is 0 Å². The fourth-order valence-electron chi connectivity index (χ4n) is 1.53. The van der Waals surface area contributed by atoms with Gasteiger partial charge in [0.05, 0.1) is 8.07 Å². The number of allylic oxidation sites excluding steroid dienone is 3. The highest BCUT2D eigenvalue weighted by Crippen LogP contribution is 2.16. The van der Waals surface area contributed by atoms with Gasteiger partial charge < -0.3 is 0 Å². The van der Waals surface area contributed by atoms with Crippen LogP contribution in [0.5, 0.6) is 0 Å². The van der Waals surface area contributed by atoms with Crippen LogP contribution in [-0.2, 0) is 0 Å². The largest absolute Gasteiger partial charge is 0.0884 e. The van der Waals surface area contributed by atoms with Crippen molar-refractivity contribution in [1.82, 2.24) is 0 Å². The van der Waals surface area contributed by atoms with Crippen LogP contribution < -0.4 is 0 Å². The lowest BCUT2D eigenvalue weighted by atomic mass is 10.2. The topological polar surface area (TPSA) is 0 Å². The lowest BCUT2D eigenvalue weighted by molar-refractivity contribution is 1.59. The Bertz CT molecular complexity index is 353. The van der Waals surface area contributed by atoms with Crippen LogP contribution >= 0.6 is 0 Å². The van der Waals surface area contributed by atoms with Crippen molar-refractivity contribution in [3.63, 3.8) is 0 Å². The molecule has 0 nitrogen and oxygen atoms in total. The Labute approximate surface area is 94.4 Å². The second kappa shape index (κ2) is 5.13. The molecule has 0 atom stereocenters. The summed E-state index contributed by atoms with van der Waals surface area (Å²) in [6, 6.07) is 10.5. The van der Waals surface area contributed by atoms with Crippen molar-refractivity contribution in [3.8, 4) is 0 Å². The van der Waals surface area contributed by atoms with E-state index in [1.165, 1.54) is 10.8 Å². The number of benzene rings is 1. The van der Waals surface area contributed by atoms with Crippen molar-refractivity contribution in [3.05, 3.63) is 53.2 Å². The third-order valence-corrected chi connectivity index (χ3v) is 4.62. The summed E-state index contributed by atoms with van der Waals surface area (Å²) < 4.78 is 0. The Kier molecular flexibility index (Phi) is 4.10. The molecule has 0 aliphatic rings. The zero-order valence-electron chi connectivity index (χ0n) is 10.1. The maximum absolute atomic E-state index is 2.37. The number of hydrogen-bond donors (Lipinski definition) is 0. The smallest absolute Gasteiger partial charge is 0.0771 e. The van der Waals surface area contributed by atoms with Crippen molar-refractivity contribution >= 4 is 14.1 Å². The van der Waals surface area contributed by atoms with Gasteiger partial charge in [-0.05, 0) is 12.5 Å². The molecule has 0 N–H and O–H groups in total. The van der Waals surface area contributed by atoms with E-state index in [4.69, 9.17) is 0 Å². The first-order chi connectivity index (χ1) is 7.04. The SMILES string of the molecule is C/C=C(\C=C\c1ccccc1)[Si](C)(C)C. The van der Waals surface area contributed by atoms with Crippen LogP contribution in [0.15, 0.2) is 47.7 Å². The molecule has 1 aromatic rings. The molecule has 0 bridgehead atoms. The molecule has 1 rings (SSSR count). The number of hydrogen-bond acceptors (Lipinski definition) is 0. The lowest BCUT2D eigenvalue weighted by Gasteiger charge is -2.17. The van der Waals surface area contributed by atoms with Gasteiger partial charge in [0, 0.05) is 0 Å². The van der Waals surface area contributed by atoms with Crippen LogP contribution in [0.25, 0.3) is 6.08 Å². The van der Waals surface area contributed by atoms with Crippen LogP contribution in [0.2, 0.25) is 19.6 Å². The summed E-state index contributed by atoms with van der Waals surface area (Å²) >= 11 is 0. The van der Waals surface area contributed by atoms with E-state index in [9.17, 15) is 0 Å². The molecule has 0 fully saturated rings. The predicted molar refractivity (Wildman–Crippen MR) is 72.6 cm³/mol. The first-order valence-electron chi connectivity index (χ1n) is 5.44. The molecule has 80 valence electrons. The van der Waals surface area contributed by atoms with E-state index in [0.29, 0.717) is 0 Å². The van der Waals surface area contributed by atoms with E-state index in [1.54, 1.807) is 0 Å². The molecular formula is C14H20Si. The van der Waals surface area contributed by atoms with Gasteiger partial charge in [-0.15, -0.1) is 0 Å². The zero-order chi connectivity index (χ0) is 11.3. The Morgan fingerprint density at radius 2 is 1.67 bits per heavy atom. The molecule has 0 saturated heterocycles. The van der Waals surface area contributed by atoms with Gasteiger partial charge in [0.25, 0.3) is 0 Å². The molecule has 0 aliphatic heterocycles. The molecule has 0 heterocycles. The van der Waals surface area contributed by atoms with Gasteiger partial charge in [0.15, 0.2) is 0 Å². The summed E-state index contributed by atoms with van der Waals surface area (Å²) in [6.45, 7) is 9.25. The highest BCUT2D eigenvalue weighted by atomic mass is 28.3. The van der Waals surface area contributed by atoms with Crippen LogP contribution in [0.3, 0.4) is 0 Å². The van der Waals surface area contributed by atoms with Gasteiger partial charge >= 0.3 is 0 Å². The summed E-state index contributed by atoms with van der Waals surface area (Å²) in [5, 5.41) is 1.51. The van der Waals surface area contributed by atoms with E-state index < -0.39 is 8.07 Å². The van der Waals surface area contributed by atoms with Crippen molar-refractivity contribution < 1.29 is 0 Å². The zero-order valence-corrected chi connectivity index (χ0v) is 11.1. The maximum atomic E-state index is 2.37. The molecule has 0 radical (unpaired) electrons. The van der Waals surface area contributed by atoms with E-state index >= 15 is 0 Å². The third-order valence-electron chi connectivity index (χ3n) is 2.43. The molecule has 1 aromatic carbocycles. The first kappa shape index (κ1) is 12.0. The predicted octanol–water partition coefficient (Wildman–Crippen LogP) is 4.52. The second-order valence-corrected chi connectivity index (χ2v) is 9.82. The molecule has 0 aliphatic carbocycles. The molecule has 0 saturated carbocycles. The Morgan fingerprint density at radius 3 is 2.13 bits per heavy atom. The summed E-state index contributed by atoms with van der Waals surface area (Å²) in [7, 11) is -1.17. The van der Waals surface area contributed by atoms with Gasteiger partial charge in [-0.2, -0.15) is 0 Å². The van der Waals surface area contributed by atoms with Crippen molar-refractivity contribution in [2.75, 3.05) is 0 Å². The lowest BCUT2D eigenvalue weighted by Crippen LogP contribution is -2.22. The van der Waals surface area contributed by atoms with E-state index in [1.807, 2.05) is 6.07 Å². The fraction of sp³-hybridized carbons (Fsp3) is 0.286. The van der Waals surface area contributed by atoms with Crippen LogP contribution in [0.1, 0.15) is 12.5 Å². The summed E-state index contributed by atoms with van der Waals surface area (Å²) in [5.41, 5.74) is 1.27. The minimum atomic E-state index is -1.17. The quantitative estimate of drug-likeness (QED) is 0.514.